The number of amides is 2. The van der Waals surface area contributed by atoms with Gasteiger partial charge in [-0.1, -0.05) is 0 Å². The molecule has 2 rings (SSSR count). The summed E-state index contributed by atoms with van der Waals surface area (Å²) < 4.78 is 13.3. The Morgan fingerprint density at radius 3 is 2.82 bits per heavy atom. The van der Waals surface area contributed by atoms with Crippen molar-refractivity contribution in [3.05, 3.63) is 29.6 Å². The third-order valence-corrected chi connectivity index (χ3v) is 3.83. The molecule has 1 aliphatic rings. The number of hydrogen-bond donors (Lipinski definition) is 1. The summed E-state index contributed by atoms with van der Waals surface area (Å²) in [6.07, 6.45) is 0.489. The summed E-state index contributed by atoms with van der Waals surface area (Å²) >= 11 is 0. The molecular formula is C16H22FN3O2. The summed E-state index contributed by atoms with van der Waals surface area (Å²) in [5, 5.41) is 2.79. The van der Waals surface area contributed by atoms with E-state index in [1.54, 1.807) is 24.0 Å². The standard InChI is InChI=1S/C16H22FN3O2/c1-11-10-12(4-5-14(11)17)20-8-6-13(16(20)22)15(21)18-7-9-19(2)3/h4-5,10,13H,6-9H2,1-3H3,(H,18,21). The zero-order valence-corrected chi connectivity index (χ0v) is 13.2. The maximum absolute atomic E-state index is 13.3. The van der Waals surface area contributed by atoms with Crippen LogP contribution in [-0.4, -0.2) is 50.4 Å². The van der Waals surface area contributed by atoms with Crippen molar-refractivity contribution >= 4 is 17.5 Å². The van der Waals surface area contributed by atoms with Crippen LogP contribution in [-0.2, 0) is 9.59 Å². The number of hydrogen-bond acceptors (Lipinski definition) is 3. The van der Waals surface area contributed by atoms with E-state index in [4.69, 9.17) is 0 Å². The number of nitrogens with zero attached hydrogens (tertiary/aromatic N) is 2. The average Bonchev–Trinajstić information content (AvgIpc) is 2.83. The number of halogens is 1. The molecule has 0 aliphatic carbocycles. The van der Waals surface area contributed by atoms with Gasteiger partial charge in [-0.05, 0) is 51.2 Å². The highest BCUT2D eigenvalue weighted by molar-refractivity contribution is 6.09. The van der Waals surface area contributed by atoms with Gasteiger partial charge in [-0.25, -0.2) is 4.39 Å². The van der Waals surface area contributed by atoms with Crippen molar-refractivity contribution < 1.29 is 14.0 Å². The van der Waals surface area contributed by atoms with Crippen molar-refractivity contribution in [2.75, 3.05) is 38.6 Å². The monoisotopic (exact) mass is 307 g/mol. The van der Waals surface area contributed by atoms with Gasteiger partial charge in [0.25, 0.3) is 0 Å². The minimum atomic E-state index is -0.646. The van der Waals surface area contributed by atoms with Gasteiger partial charge in [0.1, 0.15) is 11.7 Å². The first-order chi connectivity index (χ1) is 10.4. The molecule has 22 heavy (non-hydrogen) atoms. The fraction of sp³-hybridized carbons (Fsp3) is 0.500. The van der Waals surface area contributed by atoms with Crippen LogP contribution >= 0.6 is 0 Å². The van der Waals surface area contributed by atoms with Crippen LogP contribution in [0.5, 0.6) is 0 Å². The van der Waals surface area contributed by atoms with Crippen molar-refractivity contribution in [3.63, 3.8) is 0 Å². The van der Waals surface area contributed by atoms with E-state index in [0.29, 0.717) is 30.8 Å². The lowest BCUT2D eigenvalue weighted by atomic mass is 10.1. The number of nitrogens with one attached hydrogen (secondary N) is 1. The highest BCUT2D eigenvalue weighted by Crippen LogP contribution is 2.26. The van der Waals surface area contributed by atoms with E-state index in [1.807, 2.05) is 19.0 Å². The van der Waals surface area contributed by atoms with Crippen LogP contribution in [0.2, 0.25) is 0 Å². The Labute approximate surface area is 130 Å². The van der Waals surface area contributed by atoms with Crippen LogP contribution in [0.1, 0.15) is 12.0 Å². The Morgan fingerprint density at radius 1 is 1.45 bits per heavy atom. The average molecular weight is 307 g/mol. The van der Waals surface area contributed by atoms with Crippen molar-refractivity contribution in [2.24, 2.45) is 5.92 Å². The molecule has 0 aromatic heterocycles. The van der Waals surface area contributed by atoms with Crippen LogP contribution in [0.15, 0.2) is 18.2 Å². The number of carbonyl (C=O) groups is 2. The quantitative estimate of drug-likeness (QED) is 0.831. The van der Waals surface area contributed by atoms with Crippen molar-refractivity contribution in [1.29, 1.82) is 0 Å². The minimum absolute atomic E-state index is 0.214. The highest BCUT2D eigenvalue weighted by atomic mass is 19.1. The lowest BCUT2D eigenvalue weighted by molar-refractivity contribution is -0.132. The topological polar surface area (TPSA) is 52.7 Å². The SMILES string of the molecule is Cc1cc(N2CCC(C(=O)NCCN(C)C)C2=O)ccc1F. The lowest BCUT2D eigenvalue weighted by Crippen LogP contribution is -2.39. The molecule has 5 nitrogen and oxygen atoms in total. The summed E-state index contributed by atoms with van der Waals surface area (Å²) in [4.78, 5) is 28.0. The summed E-state index contributed by atoms with van der Waals surface area (Å²) in [6.45, 7) is 3.39. The number of anilines is 1. The van der Waals surface area contributed by atoms with E-state index >= 15 is 0 Å². The second-order valence-electron chi connectivity index (χ2n) is 5.86. The third-order valence-electron chi connectivity index (χ3n) is 3.83. The number of rotatable bonds is 5. The van der Waals surface area contributed by atoms with E-state index in [1.165, 1.54) is 6.07 Å². The van der Waals surface area contributed by atoms with E-state index in [9.17, 15) is 14.0 Å². The highest BCUT2D eigenvalue weighted by Gasteiger charge is 2.37. The van der Waals surface area contributed by atoms with Gasteiger partial charge in [0, 0.05) is 25.3 Å². The Balaban J connectivity index is 2.00. The van der Waals surface area contributed by atoms with E-state index < -0.39 is 5.92 Å². The van der Waals surface area contributed by atoms with Gasteiger partial charge in [0.2, 0.25) is 11.8 Å². The molecule has 2 amide bonds. The van der Waals surface area contributed by atoms with Crippen LogP contribution in [0.3, 0.4) is 0 Å². The molecule has 1 N–H and O–H groups in total. The molecule has 1 unspecified atom stereocenters. The van der Waals surface area contributed by atoms with Gasteiger partial charge in [-0.3, -0.25) is 9.59 Å². The van der Waals surface area contributed by atoms with Gasteiger partial charge in [0.05, 0.1) is 0 Å². The molecule has 1 aliphatic heterocycles. The van der Waals surface area contributed by atoms with Crippen LogP contribution in [0.4, 0.5) is 10.1 Å². The second-order valence-corrected chi connectivity index (χ2v) is 5.86. The maximum Gasteiger partial charge on any atom is 0.239 e. The zero-order chi connectivity index (χ0) is 16.3. The fourth-order valence-electron chi connectivity index (χ4n) is 2.50. The largest absolute Gasteiger partial charge is 0.354 e. The van der Waals surface area contributed by atoms with Crippen molar-refractivity contribution in [3.8, 4) is 0 Å². The molecule has 1 aromatic carbocycles. The van der Waals surface area contributed by atoms with Gasteiger partial charge in [-0.2, -0.15) is 0 Å². The smallest absolute Gasteiger partial charge is 0.239 e. The zero-order valence-electron chi connectivity index (χ0n) is 13.2. The van der Waals surface area contributed by atoms with E-state index in [0.717, 1.165) is 6.54 Å². The number of benzene rings is 1. The minimum Gasteiger partial charge on any atom is -0.354 e. The third kappa shape index (κ3) is 3.62. The molecule has 1 aromatic rings. The molecule has 0 saturated carbocycles. The predicted molar refractivity (Wildman–Crippen MR) is 83.2 cm³/mol. The first-order valence-electron chi connectivity index (χ1n) is 7.40. The number of aryl methyl sites for hydroxylation is 1. The Morgan fingerprint density at radius 2 is 2.18 bits per heavy atom. The van der Waals surface area contributed by atoms with Crippen LogP contribution in [0.25, 0.3) is 0 Å². The van der Waals surface area contributed by atoms with Gasteiger partial charge < -0.3 is 15.1 Å². The molecule has 0 bridgehead atoms. The van der Waals surface area contributed by atoms with Gasteiger partial charge in [-0.15, -0.1) is 0 Å². The van der Waals surface area contributed by atoms with Crippen LogP contribution < -0.4 is 10.2 Å². The van der Waals surface area contributed by atoms with Crippen LogP contribution in [0, 0.1) is 18.7 Å². The van der Waals surface area contributed by atoms with Gasteiger partial charge in [0.15, 0.2) is 0 Å². The van der Waals surface area contributed by atoms with Crippen molar-refractivity contribution in [1.82, 2.24) is 10.2 Å². The fourth-order valence-corrected chi connectivity index (χ4v) is 2.50. The first-order valence-corrected chi connectivity index (χ1v) is 7.40. The summed E-state index contributed by atoms with van der Waals surface area (Å²) in [5.41, 5.74) is 1.14. The molecule has 1 fully saturated rings. The Kier molecular flexibility index (Phi) is 5.13. The molecular weight excluding hydrogens is 285 g/mol. The lowest BCUT2D eigenvalue weighted by Gasteiger charge is -2.18. The Hall–Kier alpha value is -1.95. The molecule has 0 radical (unpaired) electrons. The summed E-state index contributed by atoms with van der Waals surface area (Å²) in [7, 11) is 3.84. The normalized spacial score (nSPS) is 18.1. The number of carbonyl (C=O) groups excluding carboxylic acids is 2. The predicted octanol–water partition coefficient (Wildman–Crippen LogP) is 1.16. The summed E-state index contributed by atoms with van der Waals surface area (Å²) in [5.74, 6) is -1.39. The number of likely N-dealkylation sites (N-methyl/N-ethyl adjacent to an activating group) is 1. The molecule has 1 atom stereocenters. The van der Waals surface area contributed by atoms with Gasteiger partial charge >= 0.3 is 0 Å². The molecule has 1 saturated heterocycles. The summed E-state index contributed by atoms with van der Waals surface area (Å²) in [6, 6.07) is 4.56. The van der Waals surface area contributed by atoms with E-state index in [2.05, 4.69) is 5.32 Å². The van der Waals surface area contributed by atoms with Crippen molar-refractivity contribution in [2.45, 2.75) is 13.3 Å². The maximum atomic E-state index is 13.3. The molecule has 120 valence electrons. The van der Waals surface area contributed by atoms with E-state index in [-0.39, 0.29) is 17.6 Å². The second kappa shape index (κ2) is 6.87. The molecule has 1 heterocycles. The molecule has 0 spiro atoms. The molecule has 6 heteroatoms. The Bertz CT molecular complexity index is 575. The first kappa shape index (κ1) is 16.4.